The molecule has 1 fully saturated rings. The van der Waals surface area contributed by atoms with E-state index in [4.69, 9.17) is 4.74 Å². The number of rotatable bonds is 6. The lowest BCUT2D eigenvalue weighted by molar-refractivity contribution is -0.141. The largest absolute Gasteiger partial charge is 0.463 e. The predicted octanol–water partition coefficient (Wildman–Crippen LogP) is 3.34. The molecular weight excluding hydrogens is 491 g/mol. The molecule has 0 saturated carbocycles. The average molecular weight is 526 g/mol. The molecule has 1 saturated heterocycles. The van der Waals surface area contributed by atoms with E-state index < -0.39 is 29.8 Å². The number of hydrogen-bond acceptors (Lipinski definition) is 5. The third kappa shape index (κ3) is 6.73. The van der Waals surface area contributed by atoms with Crippen LogP contribution >= 0.6 is 0 Å². The fourth-order valence-corrected chi connectivity index (χ4v) is 4.52. The molecule has 0 bridgehead atoms. The molecular formula is C25H34F3N5O4. The number of hydrogen-bond donors (Lipinski definition) is 2. The maximum absolute atomic E-state index is 13.8. The highest BCUT2D eigenvalue weighted by Gasteiger charge is 2.42. The minimum atomic E-state index is -4.69. The summed E-state index contributed by atoms with van der Waals surface area (Å²) >= 11 is 0. The molecule has 0 spiro atoms. The van der Waals surface area contributed by atoms with Gasteiger partial charge in [-0.3, -0.25) is 9.80 Å². The fourth-order valence-electron chi connectivity index (χ4n) is 4.52. The van der Waals surface area contributed by atoms with Crippen molar-refractivity contribution in [2.24, 2.45) is 0 Å². The van der Waals surface area contributed by atoms with Crippen LogP contribution in [-0.4, -0.2) is 85.2 Å². The molecule has 37 heavy (non-hydrogen) atoms. The molecule has 2 aliphatic heterocycles. The summed E-state index contributed by atoms with van der Waals surface area (Å²) in [6.45, 7) is 7.51. The number of esters is 1. The van der Waals surface area contributed by atoms with Crippen LogP contribution in [0.1, 0.15) is 44.4 Å². The Hall–Kier alpha value is -3.28. The smallest absolute Gasteiger partial charge is 0.416 e. The van der Waals surface area contributed by atoms with Crippen LogP contribution in [0.25, 0.3) is 0 Å². The van der Waals surface area contributed by atoms with Gasteiger partial charge < -0.3 is 20.3 Å². The summed E-state index contributed by atoms with van der Waals surface area (Å²) in [5.74, 6) is -0.793. The summed E-state index contributed by atoms with van der Waals surface area (Å²) in [4.78, 5) is 43.4. The molecule has 12 heteroatoms. The first kappa shape index (κ1) is 28.3. The molecule has 1 atom stereocenters. The molecule has 4 amide bonds. The van der Waals surface area contributed by atoms with Gasteiger partial charge in [-0.1, -0.05) is 18.2 Å². The zero-order chi connectivity index (χ0) is 27.3. The van der Waals surface area contributed by atoms with Crippen LogP contribution in [0.3, 0.4) is 0 Å². The number of amides is 4. The second kappa shape index (κ2) is 11.8. The maximum atomic E-state index is 13.8. The number of carbonyl (C=O) groups is 3. The van der Waals surface area contributed by atoms with Gasteiger partial charge in [0.15, 0.2) is 0 Å². The quantitative estimate of drug-likeness (QED) is 0.556. The van der Waals surface area contributed by atoms with E-state index in [9.17, 15) is 27.6 Å². The molecule has 204 valence electrons. The molecule has 0 aromatic heterocycles. The Labute approximate surface area is 214 Å². The SMILES string of the molecule is CCOC(=O)C1=C(CN2CCCN(C(=O)NC(C)C)CC2)N(C)C(=O)NC1c1ccccc1C(F)(F)F. The van der Waals surface area contributed by atoms with Crippen LogP contribution in [0, 0.1) is 0 Å². The summed E-state index contributed by atoms with van der Waals surface area (Å²) in [5.41, 5.74) is -0.944. The molecule has 9 nitrogen and oxygen atoms in total. The minimum absolute atomic E-state index is 0.00458. The summed E-state index contributed by atoms with van der Waals surface area (Å²) < 4.78 is 46.8. The van der Waals surface area contributed by atoms with Gasteiger partial charge in [-0.2, -0.15) is 13.2 Å². The third-order valence-corrected chi connectivity index (χ3v) is 6.31. The summed E-state index contributed by atoms with van der Waals surface area (Å²) in [6, 6.07) is 2.74. The Morgan fingerprint density at radius 2 is 1.86 bits per heavy atom. The van der Waals surface area contributed by atoms with Crippen molar-refractivity contribution in [3.05, 3.63) is 46.7 Å². The highest BCUT2D eigenvalue weighted by molar-refractivity contribution is 5.95. The topological polar surface area (TPSA) is 94.2 Å². The van der Waals surface area contributed by atoms with E-state index in [2.05, 4.69) is 10.6 Å². The first-order valence-corrected chi connectivity index (χ1v) is 12.3. The first-order chi connectivity index (χ1) is 17.4. The zero-order valence-corrected chi connectivity index (χ0v) is 21.5. The van der Waals surface area contributed by atoms with Gasteiger partial charge in [0.1, 0.15) is 0 Å². The van der Waals surface area contributed by atoms with E-state index in [0.29, 0.717) is 32.6 Å². The van der Waals surface area contributed by atoms with Gasteiger partial charge in [0.2, 0.25) is 0 Å². The molecule has 1 aromatic carbocycles. The first-order valence-electron chi connectivity index (χ1n) is 12.3. The molecule has 2 aliphatic rings. The number of carbonyl (C=O) groups excluding carboxylic acids is 3. The van der Waals surface area contributed by atoms with Gasteiger partial charge in [0.25, 0.3) is 0 Å². The highest BCUT2D eigenvalue weighted by Crippen LogP contribution is 2.39. The lowest BCUT2D eigenvalue weighted by Crippen LogP contribution is -2.50. The molecule has 1 aromatic rings. The number of halogens is 3. The summed E-state index contributed by atoms with van der Waals surface area (Å²) in [5, 5.41) is 5.42. The Bertz CT molecular complexity index is 1040. The second-order valence-electron chi connectivity index (χ2n) is 9.33. The molecule has 0 aliphatic carbocycles. The van der Waals surface area contributed by atoms with Crippen molar-refractivity contribution in [3.63, 3.8) is 0 Å². The summed E-state index contributed by atoms with van der Waals surface area (Å²) in [6.07, 6.45) is -4.03. The number of alkyl halides is 3. The summed E-state index contributed by atoms with van der Waals surface area (Å²) in [7, 11) is 1.47. The van der Waals surface area contributed by atoms with Gasteiger partial charge in [-0.25, -0.2) is 14.4 Å². The number of nitrogens with one attached hydrogen (secondary N) is 2. The standard InChI is InChI=1S/C25H34F3N5O4/c1-5-37-22(34)20-19(15-32-11-8-12-33(14-13-32)24(36)29-16(2)3)31(4)23(35)30-21(20)17-9-6-7-10-18(17)25(26,27)28/h6-7,9-10,16,21H,5,8,11-15H2,1-4H3,(H,29,36)(H,30,35). The van der Waals surface area contributed by atoms with Gasteiger partial charge in [0, 0.05) is 51.5 Å². The van der Waals surface area contributed by atoms with Crippen molar-refractivity contribution < 1.29 is 32.3 Å². The maximum Gasteiger partial charge on any atom is 0.416 e. The fraction of sp³-hybridized carbons (Fsp3) is 0.560. The molecule has 3 rings (SSSR count). The van der Waals surface area contributed by atoms with Crippen LogP contribution in [0.15, 0.2) is 35.5 Å². The van der Waals surface area contributed by atoms with Crippen molar-refractivity contribution in [2.75, 3.05) is 46.4 Å². The van der Waals surface area contributed by atoms with Crippen molar-refractivity contribution in [1.82, 2.24) is 25.3 Å². The Kier molecular flexibility index (Phi) is 9.06. The normalized spacial score (nSPS) is 19.6. The van der Waals surface area contributed by atoms with Crippen LogP contribution < -0.4 is 10.6 Å². The highest BCUT2D eigenvalue weighted by atomic mass is 19.4. The van der Waals surface area contributed by atoms with E-state index in [1.165, 1.54) is 30.1 Å². The van der Waals surface area contributed by atoms with E-state index in [0.717, 1.165) is 6.07 Å². The van der Waals surface area contributed by atoms with E-state index in [1.54, 1.807) is 11.8 Å². The van der Waals surface area contributed by atoms with Crippen LogP contribution in [0.2, 0.25) is 0 Å². The minimum Gasteiger partial charge on any atom is -0.463 e. The lowest BCUT2D eigenvalue weighted by Gasteiger charge is -2.37. The number of ether oxygens (including phenoxy) is 1. The van der Waals surface area contributed by atoms with Gasteiger partial charge >= 0.3 is 24.2 Å². The Morgan fingerprint density at radius 1 is 1.16 bits per heavy atom. The van der Waals surface area contributed by atoms with Gasteiger partial charge in [0.05, 0.1) is 23.8 Å². The molecule has 2 heterocycles. The molecule has 2 N–H and O–H groups in total. The van der Waals surface area contributed by atoms with E-state index >= 15 is 0 Å². The number of likely N-dealkylation sites (N-methyl/N-ethyl adjacent to an activating group) is 1. The van der Waals surface area contributed by atoms with E-state index in [1.807, 2.05) is 18.7 Å². The van der Waals surface area contributed by atoms with Gasteiger partial charge in [-0.15, -0.1) is 0 Å². The Morgan fingerprint density at radius 3 is 2.51 bits per heavy atom. The Balaban J connectivity index is 1.98. The van der Waals surface area contributed by atoms with Crippen molar-refractivity contribution >= 4 is 18.0 Å². The lowest BCUT2D eigenvalue weighted by atomic mass is 9.90. The van der Waals surface area contributed by atoms with E-state index in [-0.39, 0.29) is 42.1 Å². The average Bonchev–Trinajstić information content (AvgIpc) is 3.06. The third-order valence-electron chi connectivity index (χ3n) is 6.31. The van der Waals surface area contributed by atoms with Crippen LogP contribution in [0.5, 0.6) is 0 Å². The number of benzene rings is 1. The molecule has 1 unspecified atom stereocenters. The molecule has 0 radical (unpaired) electrons. The van der Waals surface area contributed by atoms with Crippen LogP contribution in [-0.2, 0) is 15.7 Å². The number of urea groups is 2. The monoisotopic (exact) mass is 525 g/mol. The zero-order valence-electron chi connectivity index (χ0n) is 21.5. The van der Waals surface area contributed by atoms with Crippen molar-refractivity contribution in [2.45, 2.75) is 45.5 Å². The van der Waals surface area contributed by atoms with Crippen molar-refractivity contribution in [1.29, 1.82) is 0 Å². The predicted molar refractivity (Wildman–Crippen MR) is 130 cm³/mol. The van der Waals surface area contributed by atoms with Gasteiger partial charge in [-0.05, 0) is 38.8 Å². The number of nitrogens with zero attached hydrogens (tertiary/aromatic N) is 3. The van der Waals surface area contributed by atoms with Crippen LogP contribution in [0.4, 0.5) is 22.8 Å². The second-order valence-corrected chi connectivity index (χ2v) is 9.33. The van der Waals surface area contributed by atoms with Crippen molar-refractivity contribution in [3.8, 4) is 0 Å².